The Hall–Kier alpha value is -0.670. The van der Waals surface area contributed by atoms with Gasteiger partial charge in [0.25, 0.3) is 0 Å². The Bertz CT molecular complexity index is 403. The average Bonchev–Trinajstić information content (AvgIpc) is 2.84. The van der Waals surface area contributed by atoms with Gasteiger partial charge >= 0.3 is 0 Å². The normalized spacial score (nSPS) is 17.9. The standard InChI is InChI=1S/C16H26N2S/c1-3-9-17-11-15(14-7-5-4-6-8-14)10-16-12-18-13(2)19-16/h10,12,14,17H,3-9,11H2,1-2H3. The molecule has 0 amide bonds. The van der Waals surface area contributed by atoms with Crippen LogP contribution in [0.2, 0.25) is 0 Å². The minimum absolute atomic E-state index is 0.792. The first-order valence-electron chi connectivity index (χ1n) is 7.63. The maximum atomic E-state index is 4.36. The number of aromatic nitrogens is 1. The third-order valence-corrected chi connectivity index (χ3v) is 4.71. The van der Waals surface area contributed by atoms with E-state index in [-0.39, 0.29) is 0 Å². The summed E-state index contributed by atoms with van der Waals surface area (Å²) in [6.45, 7) is 6.47. The Morgan fingerprint density at radius 3 is 2.84 bits per heavy atom. The number of nitrogens with zero attached hydrogens (tertiary/aromatic N) is 1. The highest BCUT2D eigenvalue weighted by atomic mass is 32.1. The van der Waals surface area contributed by atoms with Gasteiger partial charge in [-0.05, 0) is 44.7 Å². The molecular formula is C16H26N2S. The van der Waals surface area contributed by atoms with Crippen LogP contribution in [0.4, 0.5) is 0 Å². The fourth-order valence-electron chi connectivity index (χ4n) is 2.82. The van der Waals surface area contributed by atoms with Crippen LogP contribution in [0.25, 0.3) is 6.08 Å². The van der Waals surface area contributed by atoms with Gasteiger partial charge in [0, 0.05) is 17.6 Å². The van der Waals surface area contributed by atoms with Crippen molar-refractivity contribution in [1.29, 1.82) is 0 Å². The van der Waals surface area contributed by atoms with E-state index < -0.39 is 0 Å². The van der Waals surface area contributed by atoms with E-state index in [0.717, 1.165) is 24.0 Å². The lowest BCUT2D eigenvalue weighted by Gasteiger charge is -2.25. The molecule has 1 heterocycles. The van der Waals surface area contributed by atoms with Crippen molar-refractivity contribution in [3.05, 3.63) is 21.7 Å². The molecule has 3 heteroatoms. The number of aryl methyl sites for hydroxylation is 1. The molecule has 1 aliphatic rings. The predicted molar refractivity (Wildman–Crippen MR) is 84.6 cm³/mol. The largest absolute Gasteiger partial charge is 0.313 e. The highest BCUT2D eigenvalue weighted by Crippen LogP contribution is 2.31. The van der Waals surface area contributed by atoms with Crippen molar-refractivity contribution >= 4 is 17.4 Å². The molecule has 0 saturated heterocycles. The van der Waals surface area contributed by atoms with Gasteiger partial charge in [-0.25, -0.2) is 4.98 Å². The van der Waals surface area contributed by atoms with Gasteiger partial charge in [-0.2, -0.15) is 0 Å². The third kappa shape index (κ3) is 4.73. The van der Waals surface area contributed by atoms with E-state index >= 15 is 0 Å². The van der Waals surface area contributed by atoms with Crippen LogP contribution in [-0.2, 0) is 0 Å². The van der Waals surface area contributed by atoms with Gasteiger partial charge < -0.3 is 5.32 Å². The quantitative estimate of drug-likeness (QED) is 0.779. The van der Waals surface area contributed by atoms with Crippen molar-refractivity contribution < 1.29 is 0 Å². The smallest absolute Gasteiger partial charge is 0.0900 e. The van der Waals surface area contributed by atoms with E-state index in [2.05, 4.69) is 30.2 Å². The van der Waals surface area contributed by atoms with Crippen LogP contribution < -0.4 is 5.32 Å². The molecule has 2 nitrogen and oxygen atoms in total. The molecule has 0 aromatic carbocycles. The van der Waals surface area contributed by atoms with Gasteiger partial charge in [0.05, 0.1) is 5.01 Å². The Balaban J connectivity index is 2.05. The van der Waals surface area contributed by atoms with E-state index in [1.807, 2.05) is 6.20 Å². The second-order valence-electron chi connectivity index (χ2n) is 5.51. The first-order valence-corrected chi connectivity index (χ1v) is 8.45. The molecule has 0 atom stereocenters. The van der Waals surface area contributed by atoms with Crippen LogP contribution in [0.3, 0.4) is 0 Å². The van der Waals surface area contributed by atoms with E-state index in [9.17, 15) is 0 Å². The molecule has 0 aliphatic heterocycles. The summed E-state index contributed by atoms with van der Waals surface area (Å²) in [6.07, 6.45) is 12.6. The van der Waals surface area contributed by atoms with Crippen molar-refractivity contribution in [3.8, 4) is 0 Å². The molecule has 0 bridgehead atoms. The lowest BCUT2D eigenvalue weighted by molar-refractivity contribution is 0.397. The zero-order chi connectivity index (χ0) is 13.5. The molecule has 19 heavy (non-hydrogen) atoms. The van der Waals surface area contributed by atoms with Gasteiger partial charge in [-0.3, -0.25) is 0 Å². The van der Waals surface area contributed by atoms with Crippen LogP contribution in [0.15, 0.2) is 11.8 Å². The summed E-state index contributed by atoms with van der Waals surface area (Å²) in [5, 5.41) is 4.74. The van der Waals surface area contributed by atoms with Crippen molar-refractivity contribution in [2.24, 2.45) is 5.92 Å². The number of hydrogen-bond donors (Lipinski definition) is 1. The van der Waals surface area contributed by atoms with Crippen molar-refractivity contribution in [3.63, 3.8) is 0 Å². The summed E-state index contributed by atoms with van der Waals surface area (Å²) in [7, 11) is 0. The highest BCUT2D eigenvalue weighted by molar-refractivity contribution is 7.12. The monoisotopic (exact) mass is 278 g/mol. The fraction of sp³-hybridized carbons (Fsp3) is 0.688. The summed E-state index contributed by atoms with van der Waals surface area (Å²) in [4.78, 5) is 5.68. The number of rotatable bonds is 6. The van der Waals surface area contributed by atoms with Crippen LogP contribution in [0.1, 0.15) is 55.3 Å². The Morgan fingerprint density at radius 2 is 2.21 bits per heavy atom. The first kappa shape index (κ1) is 14.7. The number of hydrogen-bond acceptors (Lipinski definition) is 3. The van der Waals surface area contributed by atoms with Crippen LogP contribution >= 0.6 is 11.3 Å². The zero-order valence-corrected chi connectivity index (χ0v) is 13.1. The fourth-order valence-corrected chi connectivity index (χ4v) is 3.59. The summed E-state index contributed by atoms with van der Waals surface area (Å²) in [6, 6.07) is 0. The molecule has 1 aliphatic carbocycles. The molecule has 1 N–H and O–H groups in total. The minimum atomic E-state index is 0.792. The van der Waals surface area contributed by atoms with Gasteiger partial charge in [0.15, 0.2) is 0 Å². The Morgan fingerprint density at radius 1 is 1.42 bits per heavy atom. The summed E-state index contributed by atoms with van der Waals surface area (Å²) < 4.78 is 0. The first-order chi connectivity index (χ1) is 9.29. The third-order valence-electron chi connectivity index (χ3n) is 3.85. The minimum Gasteiger partial charge on any atom is -0.313 e. The van der Waals surface area contributed by atoms with Gasteiger partial charge in [0.1, 0.15) is 0 Å². The molecular weight excluding hydrogens is 252 g/mol. The van der Waals surface area contributed by atoms with Crippen LogP contribution in [-0.4, -0.2) is 18.1 Å². The van der Waals surface area contributed by atoms with Crippen molar-refractivity contribution in [1.82, 2.24) is 10.3 Å². The van der Waals surface area contributed by atoms with E-state index in [1.54, 1.807) is 16.9 Å². The molecule has 1 aromatic rings. The molecule has 0 unspecified atom stereocenters. The zero-order valence-electron chi connectivity index (χ0n) is 12.2. The maximum absolute atomic E-state index is 4.36. The topological polar surface area (TPSA) is 24.9 Å². The van der Waals surface area contributed by atoms with Crippen LogP contribution in [0.5, 0.6) is 0 Å². The van der Waals surface area contributed by atoms with Gasteiger partial charge in [-0.1, -0.05) is 31.8 Å². The summed E-state index contributed by atoms with van der Waals surface area (Å²) in [5.41, 5.74) is 1.59. The Kier molecular flexibility index (Phi) is 6.05. The van der Waals surface area contributed by atoms with E-state index in [4.69, 9.17) is 0 Å². The lowest BCUT2D eigenvalue weighted by Crippen LogP contribution is -2.22. The van der Waals surface area contributed by atoms with E-state index in [0.29, 0.717) is 0 Å². The van der Waals surface area contributed by atoms with E-state index in [1.165, 1.54) is 43.4 Å². The van der Waals surface area contributed by atoms with Crippen molar-refractivity contribution in [2.75, 3.05) is 13.1 Å². The average molecular weight is 278 g/mol. The maximum Gasteiger partial charge on any atom is 0.0900 e. The second kappa shape index (κ2) is 7.81. The predicted octanol–water partition coefficient (Wildman–Crippen LogP) is 4.41. The molecule has 0 radical (unpaired) electrons. The Labute approximate surface area is 121 Å². The molecule has 106 valence electrons. The van der Waals surface area contributed by atoms with Gasteiger partial charge in [0.2, 0.25) is 0 Å². The molecule has 1 aromatic heterocycles. The van der Waals surface area contributed by atoms with Gasteiger partial charge in [-0.15, -0.1) is 11.3 Å². The van der Waals surface area contributed by atoms with Crippen molar-refractivity contribution in [2.45, 2.75) is 52.4 Å². The molecule has 1 saturated carbocycles. The SMILES string of the molecule is CCCNCC(=Cc1cnc(C)s1)C1CCCCC1. The summed E-state index contributed by atoms with van der Waals surface area (Å²) in [5.74, 6) is 0.792. The highest BCUT2D eigenvalue weighted by Gasteiger charge is 2.17. The number of thiazole rings is 1. The molecule has 1 fully saturated rings. The second-order valence-corrected chi connectivity index (χ2v) is 6.78. The number of nitrogens with one attached hydrogen (secondary N) is 1. The molecule has 2 rings (SSSR count). The van der Waals surface area contributed by atoms with Crippen LogP contribution in [0, 0.1) is 12.8 Å². The molecule has 0 spiro atoms. The summed E-state index contributed by atoms with van der Waals surface area (Å²) >= 11 is 1.80. The lowest BCUT2D eigenvalue weighted by atomic mass is 9.83.